The van der Waals surface area contributed by atoms with Crippen LogP contribution in [0.1, 0.15) is 64.9 Å². The summed E-state index contributed by atoms with van der Waals surface area (Å²) in [4.78, 5) is 51.5. The van der Waals surface area contributed by atoms with Crippen molar-refractivity contribution < 1.29 is 32.5 Å². The molecule has 48 heavy (non-hydrogen) atoms. The fraction of sp³-hybridized carbons (Fsp3) is 0.545. The number of sulfone groups is 1. The zero-order chi connectivity index (χ0) is 35.1. The van der Waals surface area contributed by atoms with E-state index in [0.29, 0.717) is 24.5 Å². The third-order valence-corrected chi connectivity index (χ3v) is 10.6. The molecular weight excluding hydrogens is 662 g/mol. The zero-order valence-corrected chi connectivity index (χ0v) is 29.1. The lowest BCUT2D eigenvalue weighted by Crippen LogP contribution is -2.56. The lowest BCUT2D eigenvalue weighted by Gasteiger charge is -2.42. The largest absolute Gasteiger partial charge is 0.465 e. The van der Waals surface area contributed by atoms with Crippen molar-refractivity contribution in [3.63, 3.8) is 0 Å². The highest BCUT2D eigenvalue weighted by molar-refractivity contribution is 7.91. The van der Waals surface area contributed by atoms with E-state index in [9.17, 15) is 32.9 Å². The zero-order valence-electron chi connectivity index (χ0n) is 27.5. The van der Waals surface area contributed by atoms with E-state index in [0.717, 1.165) is 43.7 Å². The van der Waals surface area contributed by atoms with Gasteiger partial charge in [0.15, 0.2) is 9.84 Å². The van der Waals surface area contributed by atoms with Crippen molar-refractivity contribution in [1.29, 1.82) is 0 Å². The third kappa shape index (κ3) is 9.74. The number of para-hydroxylation sites is 1. The Hall–Kier alpha value is -3.59. The van der Waals surface area contributed by atoms with E-state index >= 15 is 0 Å². The van der Waals surface area contributed by atoms with Crippen LogP contribution in [0.3, 0.4) is 0 Å². The number of rotatable bonds is 14. The Balaban J connectivity index is 1.50. The molecule has 2 N–H and O–H groups in total. The molecule has 0 aromatic heterocycles. The van der Waals surface area contributed by atoms with Gasteiger partial charge in [0.1, 0.15) is 17.4 Å². The number of hydrogen-bond donors (Lipinski definition) is 2. The van der Waals surface area contributed by atoms with Crippen molar-refractivity contribution in [3.05, 3.63) is 69.2 Å². The summed E-state index contributed by atoms with van der Waals surface area (Å²) >= 11 is 6.04. The number of amides is 2. The van der Waals surface area contributed by atoms with Crippen LogP contribution >= 0.6 is 11.6 Å². The molecule has 0 radical (unpaired) electrons. The van der Waals surface area contributed by atoms with Gasteiger partial charge in [-0.25, -0.2) is 13.4 Å². The molecular formula is C33H44ClN5O8S. The summed E-state index contributed by atoms with van der Waals surface area (Å²) < 4.78 is 31.7. The first-order valence-electron chi connectivity index (χ1n) is 16.1. The molecule has 15 heteroatoms. The maximum Gasteiger partial charge on any atom is 0.302 e. The van der Waals surface area contributed by atoms with Crippen molar-refractivity contribution in [2.45, 2.75) is 88.7 Å². The molecule has 0 bridgehead atoms. The van der Waals surface area contributed by atoms with Gasteiger partial charge in [-0.3, -0.25) is 35.2 Å². The second kappa shape index (κ2) is 16.2. The number of hydrazine groups is 1. The molecule has 2 fully saturated rings. The molecule has 1 saturated heterocycles. The quantitative estimate of drug-likeness (QED) is 0.166. The number of halogens is 1. The van der Waals surface area contributed by atoms with Gasteiger partial charge in [-0.1, -0.05) is 55.1 Å². The second-order valence-corrected chi connectivity index (χ2v) is 15.5. The average molecular weight is 706 g/mol. The van der Waals surface area contributed by atoms with Crippen LogP contribution in [0.25, 0.3) is 0 Å². The first-order valence-corrected chi connectivity index (χ1v) is 18.2. The monoisotopic (exact) mass is 705 g/mol. The SMILES string of the molecule is CC(=O)OCC(C)(C)C(=O)N(C1CCCCC1)[C@H]1CCN(NC(=O)C(Cc2ccc(Cl)cc2)NCS(=O)(=O)c2ccccc2[N+](=O)[O-])C1. The number of nitro groups is 1. The van der Waals surface area contributed by atoms with Crippen molar-refractivity contribution in [1.82, 2.24) is 20.7 Å². The normalized spacial score (nSPS) is 18.2. The standard InChI is InChI=1S/C33H44ClN5O8S/c1-23(40)47-21-33(2,3)32(42)38(26-9-5-4-6-10-26)27-17-18-37(20-27)36-31(41)28(19-24-13-15-25(34)16-14-24)35-22-48(45,46)30-12-8-7-11-29(30)39(43)44/h7-8,11-16,26-28,35H,4-6,9-10,17-22H2,1-3H3,(H,36,41)/t27-,28?/m0/s1. The number of ether oxygens (including phenoxy) is 1. The average Bonchev–Trinajstić information content (AvgIpc) is 3.51. The topological polar surface area (TPSA) is 168 Å². The highest BCUT2D eigenvalue weighted by atomic mass is 35.5. The molecule has 1 aliphatic heterocycles. The predicted octanol–water partition coefficient (Wildman–Crippen LogP) is 4.04. The summed E-state index contributed by atoms with van der Waals surface area (Å²) in [6, 6.07) is 10.7. The Kier molecular flexibility index (Phi) is 12.6. The first kappa shape index (κ1) is 37.2. The van der Waals surface area contributed by atoms with Gasteiger partial charge in [0.25, 0.3) is 11.6 Å². The lowest BCUT2D eigenvalue weighted by molar-refractivity contribution is -0.387. The van der Waals surface area contributed by atoms with Crippen molar-refractivity contribution in [2.24, 2.45) is 5.41 Å². The van der Waals surface area contributed by atoms with Crippen LogP contribution in [-0.4, -0.2) is 84.7 Å². The van der Waals surface area contributed by atoms with Gasteiger partial charge in [-0.05, 0) is 63.3 Å². The van der Waals surface area contributed by atoms with Crippen LogP contribution < -0.4 is 10.7 Å². The maximum atomic E-state index is 14.0. The fourth-order valence-corrected chi connectivity index (χ4v) is 7.71. The molecule has 1 unspecified atom stereocenters. The van der Waals surface area contributed by atoms with Crippen LogP contribution in [0, 0.1) is 15.5 Å². The minimum Gasteiger partial charge on any atom is -0.465 e. The Bertz CT molecular complexity index is 1580. The van der Waals surface area contributed by atoms with Crippen molar-refractivity contribution in [3.8, 4) is 0 Å². The van der Waals surface area contributed by atoms with Gasteiger partial charge in [0.2, 0.25) is 5.91 Å². The van der Waals surface area contributed by atoms with Crippen LogP contribution in [0.15, 0.2) is 53.4 Å². The van der Waals surface area contributed by atoms with E-state index in [1.165, 1.54) is 25.1 Å². The van der Waals surface area contributed by atoms with Crippen LogP contribution in [-0.2, 0) is 35.4 Å². The van der Waals surface area contributed by atoms with Crippen molar-refractivity contribution in [2.75, 3.05) is 25.6 Å². The smallest absolute Gasteiger partial charge is 0.302 e. The van der Waals surface area contributed by atoms with E-state index in [4.69, 9.17) is 16.3 Å². The molecule has 262 valence electrons. The lowest BCUT2D eigenvalue weighted by atomic mass is 9.87. The second-order valence-electron chi connectivity index (χ2n) is 13.1. The van der Waals surface area contributed by atoms with E-state index in [1.807, 2.05) is 4.90 Å². The van der Waals surface area contributed by atoms with Gasteiger partial charge < -0.3 is 9.64 Å². The molecule has 13 nitrogen and oxygen atoms in total. The van der Waals surface area contributed by atoms with Gasteiger partial charge in [-0.15, -0.1) is 0 Å². The molecule has 2 amide bonds. The van der Waals surface area contributed by atoms with Crippen LogP contribution in [0.2, 0.25) is 5.02 Å². The van der Waals surface area contributed by atoms with Gasteiger partial charge >= 0.3 is 5.97 Å². The summed E-state index contributed by atoms with van der Waals surface area (Å²) in [6.45, 7) is 5.64. The summed E-state index contributed by atoms with van der Waals surface area (Å²) in [5.41, 5.74) is 2.15. The Morgan fingerprint density at radius 2 is 1.73 bits per heavy atom. The summed E-state index contributed by atoms with van der Waals surface area (Å²) in [5, 5.41) is 16.6. The molecule has 4 rings (SSSR count). The number of hydrogen-bond acceptors (Lipinski definition) is 10. The number of nitrogens with zero attached hydrogens (tertiary/aromatic N) is 3. The van der Waals surface area contributed by atoms with Crippen LogP contribution in [0.5, 0.6) is 0 Å². The Morgan fingerprint density at radius 1 is 1.06 bits per heavy atom. The first-order chi connectivity index (χ1) is 22.7. The van der Waals surface area contributed by atoms with E-state index in [2.05, 4.69) is 10.7 Å². The summed E-state index contributed by atoms with van der Waals surface area (Å²) in [5.74, 6) is -1.76. The summed E-state index contributed by atoms with van der Waals surface area (Å²) in [7, 11) is -4.20. The minimum atomic E-state index is -4.20. The Morgan fingerprint density at radius 3 is 2.38 bits per heavy atom. The molecule has 1 saturated carbocycles. The van der Waals surface area contributed by atoms with Gasteiger partial charge in [0, 0.05) is 43.2 Å². The van der Waals surface area contributed by atoms with E-state index < -0.39 is 54.6 Å². The maximum absolute atomic E-state index is 14.0. The molecule has 2 aromatic carbocycles. The molecule has 0 spiro atoms. The number of esters is 1. The van der Waals surface area contributed by atoms with Gasteiger partial charge in [0.05, 0.1) is 16.4 Å². The van der Waals surface area contributed by atoms with Gasteiger partial charge in [-0.2, -0.15) is 0 Å². The Labute approximate surface area is 286 Å². The van der Waals surface area contributed by atoms with E-state index in [1.54, 1.807) is 43.1 Å². The number of carbonyl (C=O) groups excluding carboxylic acids is 3. The molecule has 1 heterocycles. The predicted molar refractivity (Wildman–Crippen MR) is 179 cm³/mol. The summed E-state index contributed by atoms with van der Waals surface area (Å²) in [6.07, 6.45) is 5.60. The minimum absolute atomic E-state index is 0.0371. The number of nitro benzene ring substituents is 1. The number of nitrogens with one attached hydrogen (secondary N) is 2. The number of carbonyl (C=O) groups is 3. The fourth-order valence-electron chi connectivity index (χ4n) is 6.26. The number of benzene rings is 2. The third-order valence-electron chi connectivity index (χ3n) is 8.83. The van der Waals surface area contributed by atoms with Crippen LogP contribution in [0.4, 0.5) is 5.69 Å². The molecule has 2 aliphatic rings. The van der Waals surface area contributed by atoms with E-state index in [-0.39, 0.29) is 31.0 Å². The molecule has 2 aromatic rings. The molecule has 1 aliphatic carbocycles. The van der Waals surface area contributed by atoms with Crippen molar-refractivity contribution >= 4 is 44.9 Å². The highest BCUT2D eigenvalue weighted by Crippen LogP contribution is 2.32. The highest BCUT2D eigenvalue weighted by Gasteiger charge is 2.42. The molecule has 2 atom stereocenters.